The van der Waals surface area contributed by atoms with Crippen LogP contribution in [0.3, 0.4) is 0 Å². The molecule has 0 atom stereocenters. The molecular formula is C26H32I2N4O8S2. The zero-order valence-corrected chi connectivity index (χ0v) is 29.3. The normalized spacial score (nSPS) is 11.6. The molecule has 42 heavy (non-hydrogen) atoms. The Bertz CT molecular complexity index is 1200. The van der Waals surface area contributed by atoms with Gasteiger partial charge in [0.05, 0.1) is 35.6 Å². The van der Waals surface area contributed by atoms with E-state index in [4.69, 9.17) is 18.9 Å². The van der Waals surface area contributed by atoms with Gasteiger partial charge in [-0.3, -0.25) is 9.59 Å². The van der Waals surface area contributed by atoms with Crippen LogP contribution < -0.4 is 29.6 Å². The van der Waals surface area contributed by atoms with Crippen molar-refractivity contribution in [2.45, 2.75) is 12.8 Å². The van der Waals surface area contributed by atoms with E-state index < -0.39 is 11.8 Å². The summed E-state index contributed by atoms with van der Waals surface area (Å²) in [6.45, 7) is 0.716. The highest BCUT2D eigenvalue weighted by Gasteiger charge is 2.18. The molecule has 2 aromatic rings. The standard InChI is InChI=1S/C26H32I2N4O8S2/c1-37-21-13-15(9-17(27)23(21)39-3)11-19(31-35)25(33)29-5-7-41-42-8-6-30-26(34)20(32-36)12-16-10-18(28)24(40-4)22(14-16)38-2/h9-10,13-14,35-36H,5-8,11-12H2,1-4H3,(H,29,33)(H,30,34)/b31-19+,32-20+. The van der Waals surface area contributed by atoms with Crippen molar-refractivity contribution < 1.29 is 39.0 Å². The van der Waals surface area contributed by atoms with Gasteiger partial charge in [0.15, 0.2) is 23.0 Å². The molecule has 0 saturated heterocycles. The maximum atomic E-state index is 12.5. The number of benzene rings is 2. The van der Waals surface area contributed by atoms with Crippen LogP contribution in [0.2, 0.25) is 0 Å². The minimum Gasteiger partial charge on any atom is -0.493 e. The van der Waals surface area contributed by atoms with Gasteiger partial charge >= 0.3 is 0 Å². The third-order valence-corrected chi connectivity index (χ3v) is 9.53. The molecule has 0 radical (unpaired) electrons. The molecule has 0 bridgehead atoms. The first-order valence-corrected chi connectivity index (χ1v) is 16.9. The van der Waals surface area contributed by atoms with Gasteiger partial charge in [-0.1, -0.05) is 31.9 Å². The monoisotopic (exact) mass is 846 g/mol. The second kappa shape index (κ2) is 19.1. The molecule has 0 unspecified atom stereocenters. The van der Waals surface area contributed by atoms with Crippen molar-refractivity contribution in [1.29, 1.82) is 0 Å². The Morgan fingerprint density at radius 1 is 0.714 bits per heavy atom. The summed E-state index contributed by atoms with van der Waals surface area (Å²) in [5, 5.41) is 30.6. The number of carbonyl (C=O) groups is 2. The molecule has 0 aliphatic rings. The zero-order chi connectivity index (χ0) is 31.1. The molecule has 16 heteroatoms. The molecule has 0 heterocycles. The molecule has 0 saturated carbocycles. The van der Waals surface area contributed by atoms with E-state index in [1.165, 1.54) is 35.8 Å². The molecule has 12 nitrogen and oxygen atoms in total. The Morgan fingerprint density at radius 2 is 1.10 bits per heavy atom. The van der Waals surface area contributed by atoms with Gasteiger partial charge in [0, 0.05) is 37.4 Å². The van der Waals surface area contributed by atoms with Crippen molar-refractivity contribution in [3.8, 4) is 23.0 Å². The van der Waals surface area contributed by atoms with Crippen LogP contribution in [0.15, 0.2) is 34.6 Å². The number of nitrogens with zero attached hydrogens (tertiary/aromatic N) is 2. The van der Waals surface area contributed by atoms with Crippen molar-refractivity contribution in [1.82, 2.24) is 10.6 Å². The van der Waals surface area contributed by atoms with E-state index in [1.54, 1.807) is 26.4 Å². The van der Waals surface area contributed by atoms with E-state index in [9.17, 15) is 20.0 Å². The summed E-state index contributed by atoms with van der Waals surface area (Å²) in [6.07, 6.45) is 0.231. The SMILES string of the molecule is COc1cc(C/C(=N\O)C(=O)NCCSSCCNC(=O)/C(Cc2cc(I)c(OC)c(OC)c2)=N/O)cc(I)c1OC. The van der Waals surface area contributed by atoms with Gasteiger partial charge in [-0.25, -0.2) is 0 Å². The quantitative estimate of drug-likeness (QED) is 0.0458. The molecular weight excluding hydrogens is 814 g/mol. The van der Waals surface area contributed by atoms with Crippen LogP contribution in [0, 0.1) is 7.14 Å². The average molecular weight is 847 g/mol. The first-order valence-electron chi connectivity index (χ1n) is 12.3. The number of amides is 2. The number of carbonyl (C=O) groups excluding carboxylic acids is 2. The number of ether oxygens (including phenoxy) is 4. The van der Waals surface area contributed by atoms with Gasteiger partial charge in [-0.2, -0.15) is 0 Å². The lowest BCUT2D eigenvalue weighted by Crippen LogP contribution is -2.34. The summed E-state index contributed by atoms with van der Waals surface area (Å²) in [5.41, 5.74) is 1.42. The molecule has 2 amide bonds. The van der Waals surface area contributed by atoms with Gasteiger partial charge in [0.1, 0.15) is 11.4 Å². The number of nitrogens with one attached hydrogen (secondary N) is 2. The number of methoxy groups -OCH3 is 4. The topological polar surface area (TPSA) is 160 Å². The van der Waals surface area contributed by atoms with E-state index in [0.717, 1.165) is 18.3 Å². The van der Waals surface area contributed by atoms with Crippen LogP contribution in [0.1, 0.15) is 11.1 Å². The van der Waals surface area contributed by atoms with Gasteiger partial charge in [0.25, 0.3) is 11.8 Å². The Morgan fingerprint density at radius 3 is 1.40 bits per heavy atom. The second-order valence-corrected chi connectivity index (χ2v) is 13.3. The number of oxime groups is 2. The molecule has 0 aromatic heterocycles. The minimum atomic E-state index is -0.472. The maximum absolute atomic E-state index is 12.5. The molecule has 2 aromatic carbocycles. The van der Waals surface area contributed by atoms with Crippen LogP contribution >= 0.6 is 66.8 Å². The van der Waals surface area contributed by atoms with Gasteiger partial charge in [-0.15, -0.1) is 0 Å². The van der Waals surface area contributed by atoms with Gasteiger partial charge < -0.3 is 40.0 Å². The molecule has 4 N–H and O–H groups in total. The van der Waals surface area contributed by atoms with Crippen molar-refractivity contribution >= 4 is 90.0 Å². The molecule has 0 aliphatic heterocycles. The first-order chi connectivity index (χ1) is 20.2. The highest BCUT2D eigenvalue weighted by molar-refractivity contribution is 14.1. The number of hydrogen-bond acceptors (Lipinski definition) is 12. The van der Waals surface area contributed by atoms with E-state index in [-0.39, 0.29) is 24.3 Å². The van der Waals surface area contributed by atoms with E-state index in [1.807, 2.05) is 12.1 Å². The third kappa shape index (κ3) is 10.7. The Hall–Kier alpha value is -2.32. The number of hydrogen-bond donors (Lipinski definition) is 4. The average Bonchev–Trinajstić information content (AvgIpc) is 2.98. The Labute approximate surface area is 279 Å². The molecule has 0 spiro atoms. The van der Waals surface area contributed by atoms with Crippen LogP contribution in [-0.4, -0.2) is 86.7 Å². The van der Waals surface area contributed by atoms with E-state index in [0.29, 0.717) is 47.6 Å². The highest BCUT2D eigenvalue weighted by atomic mass is 127. The third-order valence-electron chi connectivity index (χ3n) is 5.52. The first kappa shape index (κ1) is 35.9. The van der Waals surface area contributed by atoms with Crippen LogP contribution in [-0.2, 0) is 22.4 Å². The summed E-state index contributed by atoms with van der Waals surface area (Å²) in [6, 6.07) is 7.13. The van der Waals surface area contributed by atoms with Gasteiger partial charge in [-0.05, 0) is 80.6 Å². The predicted octanol–water partition coefficient (Wildman–Crippen LogP) is 3.99. The zero-order valence-electron chi connectivity index (χ0n) is 23.4. The Balaban J connectivity index is 1.71. The fourth-order valence-corrected chi connectivity index (χ4v) is 7.18. The summed E-state index contributed by atoms with van der Waals surface area (Å²) in [7, 11) is 9.18. The van der Waals surface area contributed by atoms with Crippen molar-refractivity contribution in [3.63, 3.8) is 0 Å². The highest BCUT2D eigenvalue weighted by Crippen LogP contribution is 2.34. The Kier molecular flexibility index (Phi) is 16.3. The minimum absolute atomic E-state index is 0.0254. The summed E-state index contributed by atoms with van der Waals surface area (Å²) >= 11 is 4.22. The lowest BCUT2D eigenvalue weighted by Gasteiger charge is -2.13. The predicted molar refractivity (Wildman–Crippen MR) is 181 cm³/mol. The van der Waals surface area contributed by atoms with Crippen LogP contribution in [0.4, 0.5) is 0 Å². The fraction of sp³-hybridized carbons (Fsp3) is 0.385. The van der Waals surface area contributed by atoms with Crippen molar-refractivity contribution in [3.05, 3.63) is 42.5 Å². The van der Waals surface area contributed by atoms with Crippen molar-refractivity contribution in [2.24, 2.45) is 10.3 Å². The molecule has 0 fully saturated rings. The van der Waals surface area contributed by atoms with E-state index in [2.05, 4.69) is 66.1 Å². The summed E-state index contributed by atoms with van der Waals surface area (Å²) in [5.74, 6) is 2.48. The molecule has 0 aliphatic carbocycles. The van der Waals surface area contributed by atoms with E-state index >= 15 is 0 Å². The lowest BCUT2D eigenvalue weighted by molar-refractivity contribution is -0.115. The molecule has 2 rings (SSSR count). The summed E-state index contributed by atoms with van der Waals surface area (Å²) < 4.78 is 22.9. The maximum Gasteiger partial charge on any atom is 0.269 e. The fourth-order valence-electron chi connectivity index (χ4n) is 3.59. The van der Waals surface area contributed by atoms with Crippen LogP contribution in [0.25, 0.3) is 0 Å². The lowest BCUT2D eigenvalue weighted by atomic mass is 10.1. The van der Waals surface area contributed by atoms with Crippen LogP contribution in [0.5, 0.6) is 23.0 Å². The smallest absolute Gasteiger partial charge is 0.269 e. The van der Waals surface area contributed by atoms with Gasteiger partial charge in [0.2, 0.25) is 0 Å². The summed E-state index contributed by atoms with van der Waals surface area (Å²) in [4.78, 5) is 25.0. The molecule has 230 valence electrons. The largest absolute Gasteiger partial charge is 0.493 e. The number of halogens is 2. The van der Waals surface area contributed by atoms with Crippen molar-refractivity contribution in [2.75, 3.05) is 53.0 Å². The second-order valence-electron chi connectivity index (χ2n) is 8.23. The number of rotatable bonds is 17.